The van der Waals surface area contributed by atoms with E-state index in [1.807, 2.05) is 114 Å². The summed E-state index contributed by atoms with van der Waals surface area (Å²) in [6, 6.07) is 19.4. The van der Waals surface area contributed by atoms with Gasteiger partial charge in [-0.2, -0.15) is 0 Å². The SMILES string of the molecule is COC(=O)N[C@H](C(=O)N[C@@H](Cc1ccc(-c2ccccn2)cc1)C[C@H](O)[C@H](Cc1ccccc1)NC(=O)[C@@H](NC(=O)OCc1cncs1)C(C)(C)C)C(C)(C)C. The van der Waals surface area contributed by atoms with Gasteiger partial charge in [0.2, 0.25) is 11.8 Å². The van der Waals surface area contributed by atoms with Crippen molar-refractivity contribution in [3.63, 3.8) is 0 Å². The van der Waals surface area contributed by atoms with E-state index >= 15 is 0 Å². The maximum atomic E-state index is 14.1. The Hall–Kier alpha value is -5.34. The first-order valence-corrected chi connectivity index (χ1v) is 19.4. The molecule has 2 aromatic heterocycles. The number of carbonyl (C=O) groups is 4. The maximum absolute atomic E-state index is 14.1. The number of aliphatic hydroxyl groups is 1. The van der Waals surface area contributed by atoms with E-state index in [0.29, 0.717) is 6.42 Å². The summed E-state index contributed by atoms with van der Waals surface area (Å²) >= 11 is 1.35. The summed E-state index contributed by atoms with van der Waals surface area (Å²) in [6.07, 6.45) is 1.26. The van der Waals surface area contributed by atoms with Crippen LogP contribution in [0, 0.1) is 10.8 Å². The first-order chi connectivity index (χ1) is 26.5. The largest absolute Gasteiger partial charge is 0.453 e. The van der Waals surface area contributed by atoms with Gasteiger partial charge in [-0.1, -0.05) is 102 Å². The highest BCUT2D eigenvalue weighted by atomic mass is 32.1. The molecule has 0 aliphatic heterocycles. The van der Waals surface area contributed by atoms with Crippen LogP contribution in [0.5, 0.6) is 0 Å². The van der Waals surface area contributed by atoms with Gasteiger partial charge in [0.15, 0.2) is 0 Å². The number of nitrogens with zero attached hydrogens (tertiary/aromatic N) is 2. The van der Waals surface area contributed by atoms with Crippen LogP contribution in [0.2, 0.25) is 0 Å². The van der Waals surface area contributed by atoms with Crippen molar-refractivity contribution in [3.8, 4) is 11.3 Å². The lowest BCUT2D eigenvalue weighted by atomic mass is 9.85. The Balaban J connectivity index is 1.60. The molecule has 2 heterocycles. The molecule has 300 valence electrons. The molecule has 5 atom stereocenters. The van der Waals surface area contributed by atoms with Gasteiger partial charge in [0.25, 0.3) is 0 Å². The summed E-state index contributed by atoms with van der Waals surface area (Å²) in [5.74, 6) is -0.962. The molecule has 5 N–H and O–H groups in total. The highest BCUT2D eigenvalue weighted by Gasteiger charge is 2.37. The third kappa shape index (κ3) is 13.4. The third-order valence-corrected chi connectivity index (χ3v) is 9.91. The number of ether oxygens (including phenoxy) is 2. The Morgan fingerprint density at radius 2 is 1.36 bits per heavy atom. The molecule has 0 saturated carbocycles. The molecule has 14 heteroatoms. The van der Waals surface area contributed by atoms with Gasteiger partial charge in [-0.15, -0.1) is 11.3 Å². The zero-order chi connectivity index (χ0) is 40.9. The lowest BCUT2D eigenvalue weighted by Crippen LogP contribution is -2.59. The minimum Gasteiger partial charge on any atom is -0.453 e. The Labute approximate surface area is 333 Å². The predicted molar refractivity (Wildman–Crippen MR) is 215 cm³/mol. The second kappa shape index (κ2) is 20.0. The lowest BCUT2D eigenvalue weighted by molar-refractivity contribution is -0.128. The maximum Gasteiger partial charge on any atom is 0.408 e. The van der Waals surface area contributed by atoms with E-state index < -0.39 is 65.1 Å². The van der Waals surface area contributed by atoms with Crippen LogP contribution in [-0.4, -0.2) is 76.5 Å². The van der Waals surface area contributed by atoms with E-state index in [1.165, 1.54) is 18.4 Å². The van der Waals surface area contributed by atoms with E-state index in [0.717, 1.165) is 27.3 Å². The average Bonchev–Trinajstić information content (AvgIpc) is 3.68. The van der Waals surface area contributed by atoms with Crippen molar-refractivity contribution < 1.29 is 33.8 Å². The van der Waals surface area contributed by atoms with Crippen molar-refractivity contribution in [1.82, 2.24) is 31.2 Å². The molecule has 0 spiro atoms. The number of benzene rings is 2. The number of amides is 4. The number of thiazole rings is 1. The topological polar surface area (TPSA) is 181 Å². The minimum atomic E-state index is -1.17. The van der Waals surface area contributed by atoms with Crippen LogP contribution in [0.4, 0.5) is 9.59 Å². The summed E-state index contributed by atoms with van der Waals surface area (Å²) in [7, 11) is 1.23. The first-order valence-electron chi connectivity index (χ1n) is 18.5. The molecule has 2 aromatic carbocycles. The second-order valence-corrected chi connectivity index (χ2v) is 16.8. The van der Waals surface area contributed by atoms with Crippen molar-refractivity contribution in [3.05, 3.63) is 107 Å². The zero-order valence-electron chi connectivity index (χ0n) is 33.1. The number of pyridine rings is 1. The Morgan fingerprint density at radius 1 is 0.750 bits per heavy atom. The molecule has 0 unspecified atom stereocenters. The molecular formula is C42H54N6O7S. The second-order valence-electron chi connectivity index (χ2n) is 15.9. The van der Waals surface area contributed by atoms with Crippen LogP contribution >= 0.6 is 11.3 Å². The van der Waals surface area contributed by atoms with E-state index in [4.69, 9.17) is 9.47 Å². The molecule has 0 bridgehead atoms. The molecule has 4 rings (SSSR count). The predicted octanol–water partition coefficient (Wildman–Crippen LogP) is 5.82. The third-order valence-electron chi connectivity index (χ3n) is 9.15. The van der Waals surface area contributed by atoms with Crippen molar-refractivity contribution >= 4 is 35.3 Å². The molecule has 4 amide bonds. The van der Waals surface area contributed by atoms with Crippen molar-refractivity contribution in [2.75, 3.05) is 7.11 Å². The number of rotatable bonds is 16. The molecule has 0 fully saturated rings. The van der Waals surface area contributed by atoms with Crippen molar-refractivity contribution in [2.45, 2.75) is 97.7 Å². The van der Waals surface area contributed by atoms with Crippen molar-refractivity contribution in [2.24, 2.45) is 10.8 Å². The number of hydrogen-bond acceptors (Lipinski definition) is 10. The zero-order valence-corrected chi connectivity index (χ0v) is 33.9. The summed E-state index contributed by atoms with van der Waals surface area (Å²) in [4.78, 5) is 62.4. The van der Waals surface area contributed by atoms with Crippen LogP contribution in [0.3, 0.4) is 0 Å². The number of alkyl carbamates (subject to hydrolysis) is 2. The summed E-state index contributed by atoms with van der Waals surface area (Å²) in [5.41, 5.74) is 3.70. The molecule has 56 heavy (non-hydrogen) atoms. The molecule has 4 aromatic rings. The average molecular weight is 787 g/mol. The van der Waals surface area contributed by atoms with Gasteiger partial charge in [0.1, 0.15) is 18.7 Å². The van der Waals surface area contributed by atoms with Gasteiger partial charge < -0.3 is 35.8 Å². The van der Waals surface area contributed by atoms with Gasteiger partial charge in [0, 0.05) is 24.0 Å². The van der Waals surface area contributed by atoms with Gasteiger partial charge in [-0.05, 0) is 53.4 Å². The van der Waals surface area contributed by atoms with E-state index in [-0.39, 0.29) is 19.4 Å². The van der Waals surface area contributed by atoms with Gasteiger partial charge >= 0.3 is 12.2 Å². The standard InChI is InChI=1S/C42H54N6O7S/c1-41(2,3)35(47-39(52)54-7)37(50)45-30(21-28-16-18-29(19-17-28)32-15-11-12-20-44-32)23-34(49)33(22-27-13-9-8-10-14-27)46-38(51)36(42(4,5)6)48-40(53)55-25-31-24-43-26-56-31/h8-20,24,26,30,33-36,49H,21-23,25H2,1-7H3,(H,45,50)(H,46,51)(H,47,52)(H,48,53)/t30-,33-,34-,35+,36+/m0/s1. The molecule has 0 radical (unpaired) electrons. The smallest absolute Gasteiger partial charge is 0.408 e. The molecule has 13 nitrogen and oxygen atoms in total. The molecular weight excluding hydrogens is 733 g/mol. The normalized spacial score (nSPS) is 14.3. The summed E-state index contributed by atoms with van der Waals surface area (Å²) in [6.45, 7) is 11.0. The molecule has 0 saturated heterocycles. The van der Waals surface area contributed by atoms with E-state index in [2.05, 4.69) is 31.2 Å². The fourth-order valence-electron chi connectivity index (χ4n) is 6.12. The van der Waals surface area contributed by atoms with Gasteiger partial charge in [-0.3, -0.25) is 19.6 Å². The minimum absolute atomic E-state index is 0.00846. The fraction of sp³-hybridized carbons (Fsp3) is 0.429. The number of hydrogen-bond donors (Lipinski definition) is 5. The number of methoxy groups -OCH3 is 1. The Morgan fingerprint density at radius 3 is 1.93 bits per heavy atom. The number of carbonyl (C=O) groups excluding carboxylic acids is 4. The van der Waals surface area contributed by atoms with Crippen LogP contribution in [-0.2, 0) is 38.5 Å². The lowest BCUT2D eigenvalue weighted by Gasteiger charge is -2.34. The number of nitrogens with one attached hydrogen (secondary N) is 4. The summed E-state index contributed by atoms with van der Waals surface area (Å²) in [5, 5.41) is 23.5. The molecule has 0 aliphatic carbocycles. The highest BCUT2D eigenvalue weighted by Crippen LogP contribution is 2.24. The summed E-state index contributed by atoms with van der Waals surface area (Å²) < 4.78 is 10.2. The first kappa shape index (κ1) is 43.4. The highest BCUT2D eigenvalue weighted by molar-refractivity contribution is 7.09. The molecule has 0 aliphatic rings. The Kier molecular flexibility index (Phi) is 15.5. The Bertz CT molecular complexity index is 1850. The van der Waals surface area contributed by atoms with Gasteiger partial charge in [-0.25, -0.2) is 9.59 Å². The monoisotopic (exact) mass is 786 g/mol. The van der Waals surface area contributed by atoms with Gasteiger partial charge in [0.05, 0.1) is 35.3 Å². The van der Waals surface area contributed by atoms with Crippen LogP contribution in [0.15, 0.2) is 90.7 Å². The van der Waals surface area contributed by atoms with Crippen LogP contribution < -0.4 is 21.3 Å². The quantitative estimate of drug-likeness (QED) is 0.0935. The van der Waals surface area contributed by atoms with Crippen LogP contribution in [0.1, 0.15) is 64.0 Å². The van der Waals surface area contributed by atoms with Crippen molar-refractivity contribution in [1.29, 1.82) is 0 Å². The number of aromatic nitrogens is 2. The van der Waals surface area contributed by atoms with Crippen LogP contribution in [0.25, 0.3) is 11.3 Å². The number of aliphatic hydroxyl groups excluding tert-OH is 1. The van der Waals surface area contributed by atoms with E-state index in [1.54, 1.807) is 17.9 Å². The fourth-order valence-corrected chi connectivity index (χ4v) is 6.62. The van der Waals surface area contributed by atoms with E-state index in [9.17, 15) is 24.3 Å².